The topological polar surface area (TPSA) is 72.2 Å². The zero-order valence-corrected chi connectivity index (χ0v) is 9.78. The van der Waals surface area contributed by atoms with Crippen LogP contribution in [0.3, 0.4) is 0 Å². The highest BCUT2D eigenvalue weighted by Crippen LogP contribution is 2.08. The van der Waals surface area contributed by atoms with Crippen molar-refractivity contribution in [3.8, 4) is 0 Å². The molecule has 0 fully saturated rings. The minimum atomic E-state index is -3.28. The molecule has 3 N–H and O–H groups in total. The Morgan fingerprint density at radius 2 is 2.00 bits per heavy atom. The Kier molecular flexibility index (Phi) is 4.67. The largest absolute Gasteiger partial charge is 0.323 e. The Morgan fingerprint density at radius 1 is 1.38 bits per heavy atom. The van der Waals surface area contributed by atoms with Crippen molar-refractivity contribution in [1.29, 1.82) is 0 Å². The van der Waals surface area contributed by atoms with Crippen LogP contribution in [0.4, 0.5) is 0 Å². The molecule has 5 heteroatoms. The number of sulfonamides is 1. The average Bonchev–Trinajstić information content (AvgIpc) is 2.27. The van der Waals surface area contributed by atoms with E-state index in [4.69, 9.17) is 5.73 Å². The predicted molar refractivity (Wildman–Crippen MR) is 65.4 cm³/mol. The highest BCUT2D eigenvalue weighted by atomic mass is 32.2. The number of benzene rings is 1. The number of nitrogens with one attached hydrogen (secondary N) is 1. The second-order valence-corrected chi connectivity index (χ2v) is 5.29. The van der Waals surface area contributed by atoms with Crippen molar-refractivity contribution in [3.63, 3.8) is 0 Å². The van der Waals surface area contributed by atoms with Gasteiger partial charge in [-0.3, -0.25) is 0 Å². The van der Waals surface area contributed by atoms with E-state index in [1.54, 1.807) is 0 Å². The summed E-state index contributed by atoms with van der Waals surface area (Å²) in [5.74, 6) is -0.0888. The summed E-state index contributed by atoms with van der Waals surface area (Å²) in [4.78, 5) is 0. The quantitative estimate of drug-likeness (QED) is 0.722. The first-order valence-corrected chi connectivity index (χ1v) is 6.59. The van der Waals surface area contributed by atoms with Gasteiger partial charge >= 0.3 is 0 Å². The first-order valence-electron chi connectivity index (χ1n) is 4.94. The lowest BCUT2D eigenvalue weighted by molar-refractivity contribution is 0.575. The van der Waals surface area contributed by atoms with Gasteiger partial charge in [-0.1, -0.05) is 36.4 Å². The van der Waals surface area contributed by atoms with Gasteiger partial charge in [0.2, 0.25) is 10.0 Å². The Hall–Kier alpha value is -1.17. The fourth-order valence-corrected chi connectivity index (χ4v) is 2.11. The molecular formula is C11H16N2O2S. The molecule has 0 aliphatic rings. The Balaban J connectivity index is 2.54. The third-order valence-electron chi connectivity index (χ3n) is 2.09. The summed E-state index contributed by atoms with van der Waals surface area (Å²) in [6, 6.07) is 9.03. The van der Waals surface area contributed by atoms with Crippen LogP contribution in [0.25, 0.3) is 0 Å². The maximum absolute atomic E-state index is 11.3. The molecule has 0 aliphatic carbocycles. The van der Waals surface area contributed by atoms with E-state index < -0.39 is 10.0 Å². The molecule has 0 bridgehead atoms. The van der Waals surface area contributed by atoms with Crippen molar-refractivity contribution in [2.45, 2.75) is 6.04 Å². The van der Waals surface area contributed by atoms with E-state index >= 15 is 0 Å². The van der Waals surface area contributed by atoms with Crippen molar-refractivity contribution < 1.29 is 8.42 Å². The van der Waals surface area contributed by atoms with E-state index in [9.17, 15) is 8.42 Å². The molecule has 1 rings (SSSR count). The van der Waals surface area contributed by atoms with Crippen molar-refractivity contribution >= 4 is 10.0 Å². The molecule has 0 amide bonds. The molecule has 0 spiro atoms. The molecule has 4 nitrogen and oxygen atoms in total. The predicted octanol–water partition coefficient (Wildman–Crippen LogP) is 0.792. The second-order valence-electron chi connectivity index (χ2n) is 3.44. The van der Waals surface area contributed by atoms with E-state index in [1.165, 1.54) is 6.08 Å². The zero-order valence-electron chi connectivity index (χ0n) is 8.96. The third kappa shape index (κ3) is 4.14. The normalized spacial score (nSPS) is 13.3. The lowest BCUT2D eigenvalue weighted by atomic mass is 10.1. The van der Waals surface area contributed by atoms with Gasteiger partial charge in [-0.2, -0.15) is 0 Å². The zero-order chi connectivity index (χ0) is 12.0. The third-order valence-corrected chi connectivity index (χ3v) is 3.37. The summed E-state index contributed by atoms with van der Waals surface area (Å²) in [7, 11) is -3.28. The van der Waals surface area contributed by atoms with Gasteiger partial charge in [-0.25, -0.2) is 13.1 Å². The minimum absolute atomic E-state index is 0.0888. The van der Waals surface area contributed by atoms with Crippen molar-refractivity contribution in [2.75, 3.05) is 12.3 Å². The maximum Gasteiger partial charge on any atom is 0.215 e. The van der Waals surface area contributed by atoms with Crippen LogP contribution in [-0.4, -0.2) is 20.7 Å². The molecule has 0 aromatic heterocycles. The minimum Gasteiger partial charge on any atom is -0.323 e. The van der Waals surface area contributed by atoms with E-state index in [1.807, 2.05) is 30.3 Å². The van der Waals surface area contributed by atoms with E-state index in [2.05, 4.69) is 11.3 Å². The van der Waals surface area contributed by atoms with Crippen LogP contribution in [0.2, 0.25) is 0 Å². The van der Waals surface area contributed by atoms with Gasteiger partial charge in [-0.05, 0) is 5.56 Å². The monoisotopic (exact) mass is 240 g/mol. The molecule has 1 aromatic rings. The Bertz CT molecular complexity index is 429. The molecule has 0 saturated carbocycles. The van der Waals surface area contributed by atoms with Crippen LogP contribution in [-0.2, 0) is 10.0 Å². The van der Waals surface area contributed by atoms with Gasteiger partial charge < -0.3 is 5.73 Å². The number of hydrogen-bond acceptors (Lipinski definition) is 3. The standard InChI is InChI=1S/C11H16N2O2S/c1-2-8-16(14,15)13-9-11(12)10-6-4-3-5-7-10/h2-7,11,13H,1,8-9,12H2. The molecule has 16 heavy (non-hydrogen) atoms. The lowest BCUT2D eigenvalue weighted by Crippen LogP contribution is -2.33. The fourth-order valence-electron chi connectivity index (χ4n) is 1.25. The summed E-state index contributed by atoms with van der Waals surface area (Å²) >= 11 is 0. The lowest BCUT2D eigenvalue weighted by Gasteiger charge is -2.12. The summed E-state index contributed by atoms with van der Waals surface area (Å²) in [5.41, 5.74) is 6.75. The van der Waals surface area contributed by atoms with Crippen LogP contribution in [0.1, 0.15) is 11.6 Å². The Morgan fingerprint density at radius 3 is 2.56 bits per heavy atom. The molecule has 1 unspecified atom stereocenters. The molecule has 0 aliphatic heterocycles. The fraction of sp³-hybridized carbons (Fsp3) is 0.273. The first-order chi connectivity index (χ1) is 7.55. The first kappa shape index (κ1) is 12.9. The molecule has 0 heterocycles. The molecular weight excluding hydrogens is 224 g/mol. The van der Waals surface area contributed by atoms with Crippen LogP contribution < -0.4 is 10.5 Å². The van der Waals surface area contributed by atoms with Crippen molar-refractivity contribution in [3.05, 3.63) is 48.6 Å². The smallest absolute Gasteiger partial charge is 0.215 e. The van der Waals surface area contributed by atoms with Crippen molar-refractivity contribution in [2.24, 2.45) is 5.73 Å². The van der Waals surface area contributed by atoms with Gasteiger partial charge in [0.15, 0.2) is 0 Å². The van der Waals surface area contributed by atoms with Crippen LogP contribution in [0, 0.1) is 0 Å². The average molecular weight is 240 g/mol. The van der Waals surface area contributed by atoms with E-state index in [0.717, 1.165) is 5.56 Å². The Labute approximate surface area is 96.2 Å². The van der Waals surface area contributed by atoms with Gasteiger partial charge in [0, 0.05) is 12.6 Å². The molecule has 0 radical (unpaired) electrons. The van der Waals surface area contributed by atoms with Gasteiger partial charge in [0.25, 0.3) is 0 Å². The van der Waals surface area contributed by atoms with Crippen molar-refractivity contribution in [1.82, 2.24) is 4.72 Å². The molecule has 88 valence electrons. The highest BCUT2D eigenvalue weighted by Gasteiger charge is 2.11. The van der Waals surface area contributed by atoms with E-state index in [0.29, 0.717) is 0 Å². The molecule has 1 atom stereocenters. The molecule has 1 aromatic carbocycles. The SMILES string of the molecule is C=CCS(=O)(=O)NCC(N)c1ccccc1. The van der Waals surface area contributed by atoms with Gasteiger partial charge in [0.05, 0.1) is 5.75 Å². The van der Waals surface area contributed by atoms with Gasteiger partial charge in [-0.15, -0.1) is 6.58 Å². The summed E-state index contributed by atoms with van der Waals surface area (Å²) in [5, 5.41) is 0. The van der Waals surface area contributed by atoms with Crippen LogP contribution in [0.5, 0.6) is 0 Å². The highest BCUT2D eigenvalue weighted by molar-refractivity contribution is 7.89. The van der Waals surface area contributed by atoms with Gasteiger partial charge in [0.1, 0.15) is 0 Å². The summed E-state index contributed by atoms with van der Waals surface area (Å²) in [6.07, 6.45) is 1.34. The summed E-state index contributed by atoms with van der Waals surface area (Å²) in [6.45, 7) is 3.58. The summed E-state index contributed by atoms with van der Waals surface area (Å²) < 4.78 is 25.1. The number of rotatable bonds is 6. The molecule has 0 saturated heterocycles. The second kappa shape index (κ2) is 5.79. The maximum atomic E-state index is 11.3. The number of hydrogen-bond donors (Lipinski definition) is 2. The van der Waals surface area contributed by atoms with E-state index in [-0.39, 0.29) is 18.3 Å². The number of nitrogens with two attached hydrogens (primary N) is 1. The van der Waals surface area contributed by atoms with Crippen LogP contribution >= 0.6 is 0 Å². The van der Waals surface area contributed by atoms with Crippen LogP contribution in [0.15, 0.2) is 43.0 Å².